The van der Waals surface area contributed by atoms with Crippen molar-refractivity contribution in [3.05, 3.63) is 35.5 Å². The first-order valence-corrected chi connectivity index (χ1v) is 7.97. The first-order valence-electron chi connectivity index (χ1n) is 7.97. The number of nitrogens with one attached hydrogen (secondary N) is 1. The molecule has 8 nitrogen and oxygen atoms in total. The number of carbonyl (C=O) groups excluding carboxylic acids is 1. The molecule has 128 valence electrons. The summed E-state index contributed by atoms with van der Waals surface area (Å²) in [7, 11) is 1.79. The Morgan fingerprint density at radius 2 is 2.17 bits per heavy atom. The van der Waals surface area contributed by atoms with Crippen LogP contribution < -0.4 is 5.32 Å². The van der Waals surface area contributed by atoms with Crippen LogP contribution in [0.25, 0.3) is 0 Å². The van der Waals surface area contributed by atoms with Crippen molar-refractivity contribution >= 4 is 11.7 Å². The number of ether oxygens (including phenoxy) is 1. The lowest BCUT2D eigenvalue weighted by molar-refractivity contribution is -0.140. The number of aromatic nitrogens is 4. The number of amides is 1. The van der Waals surface area contributed by atoms with Crippen LogP contribution in [0.4, 0.5) is 5.82 Å². The van der Waals surface area contributed by atoms with E-state index in [0.29, 0.717) is 25.5 Å². The van der Waals surface area contributed by atoms with Gasteiger partial charge in [0, 0.05) is 31.7 Å². The van der Waals surface area contributed by atoms with E-state index in [4.69, 9.17) is 4.74 Å². The average molecular weight is 330 g/mol. The third kappa shape index (κ3) is 3.38. The lowest BCUT2D eigenvalue weighted by atomic mass is 10.2. The number of hydrogen-bond acceptors (Lipinski definition) is 6. The van der Waals surface area contributed by atoms with Crippen molar-refractivity contribution in [3.63, 3.8) is 0 Å². The Morgan fingerprint density at radius 3 is 2.88 bits per heavy atom. The van der Waals surface area contributed by atoms with E-state index in [0.717, 1.165) is 17.1 Å². The number of aryl methyl sites for hydroxylation is 2. The number of nitrogens with zero attached hydrogens (tertiary/aromatic N) is 5. The van der Waals surface area contributed by atoms with Gasteiger partial charge in [-0.2, -0.15) is 5.10 Å². The highest BCUT2D eigenvalue weighted by atomic mass is 16.5. The van der Waals surface area contributed by atoms with Crippen molar-refractivity contribution in [1.29, 1.82) is 0 Å². The molecule has 1 aliphatic heterocycles. The van der Waals surface area contributed by atoms with Crippen molar-refractivity contribution in [1.82, 2.24) is 24.6 Å². The maximum absolute atomic E-state index is 12.6. The molecule has 3 rings (SSSR count). The van der Waals surface area contributed by atoms with Crippen LogP contribution in [0.1, 0.15) is 23.2 Å². The molecule has 2 aromatic heterocycles. The number of carbonyl (C=O) groups is 1. The molecule has 1 atom stereocenters. The van der Waals surface area contributed by atoms with Crippen molar-refractivity contribution < 1.29 is 9.53 Å². The van der Waals surface area contributed by atoms with Crippen LogP contribution in [-0.4, -0.2) is 57.3 Å². The molecule has 1 N–H and O–H groups in total. The lowest BCUT2D eigenvalue weighted by Gasteiger charge is -2.33. The summed E-state index contributed by atoms with van der Waals surface area (Å²) in [6.45, 7) is 5.63. The Kier molecular flexibility index (Phi) is 4.75. The standard InChI is InChI=1S/C16H22N6O2/c1-11-8-12(2)22(20-11)10-14(23)21-6-7-24-13(9-21)15-16(17-3)19-5-4-18-15/h4-5,8,13H,6-7,9-10H2,1-3H3,(H,17,19)/t13-/m1/s1. The summed E-state index contributed by atoms with van der Waals surface area (Å²) in [5.74, 6) is 0.708. The second kappa shape index (κ2) is 6.96. The van der Waals surface area contributed by atoms with Crippen LogP contribution in [0.2, 0.25) is 0 Å². The minimum absolute atomic E-state index is 0.0318. The first kappa shape index (κ1) is 16.4. The number of anilines is 1. The van der Waals surface area contributed by atoms with Gasteiger partial charge in [-0.15, -0.1) is 0 Å². The molecule has 1 saturated heterocycles. The molecule has 0 bridgehead atoms. The van der Waals surface area contributed by atoms with E-state index in [1.54, 1.807) is 29.0 Å². The van der Waals surface area contributed by atoms with E-state index in [1.807, 2.05) is 19.9 Å². The fraction of sp³-hybridized carbons (Fsp3) is 0.500. The summed E-state index contributed by atoms with van der Waals surface area (Å²) >= 11 is 0. The van der Waals surface area contributed by atoms with Crippen molar-refractivity contribution in [2.45, 2.75) is 26.5 Å². The molecular formula is C16H22N6O2. The zero-order valence-corrected chi connectivity index (χ0v) is 14.2. The van der Waals surface area contributed by atoms with Crippen LogP contribution in [0, 0.1) is 13.8 Å². The minimum Gasteiger partial charge on any atom is -0.372 e. The van der Waals surface area contributed by atoms with E-state index >= 15 is 0 Å². The molecular weight excluding hydrogens is 308 g/mol. The van der Waals surface area contributed by atoms with Gasteiger partial charge in [0.15, 0.2) is 0 Å². The fourth-order valence-corrected chi connectivity index (χ4v) is 2.88. The molecule has 0 spiro atoms. The second-order valence-electron chi connectivity index (χ2n) is 5.82. The minimum atomic E-state index is -0.278. The first-order chi connectivity index (χ1) is 11.6. The van der Waals surface area contributed by atoms with Gasteiger partial charge in [-0.3, -0.25) is 14.5 Å². The normalized spacial score (nSPS) is 17.8. The zero-order chi connectivity index (χ0) is 17.1. The summed E-state index contributed by atoms with van der Waals surface area (Å²) < 4.78 is 7.55. The summed E-state index contributed by atoms with van der Waals surface area (Å²) in [5.41, 5.74) is 2.62. The van der Waals surface area contributed by atoms with Gasteiger partial charge in [0.2, 0.25) is 5.91 Å². The molecule has 1 aliphatic rings. The van der Waals surface area contributed by atoms with Gasteiger partial charge in [0.25, 0.3) is 0 Å². The monoisotopic (exact) mass is 330 g/mol. The Morgan fingerprint density at radius 1 is 1.38 bits per heavy atom. The topological polar surface area (TPSA) is 85.2 Å². The van der Waals surface area contributed by atoms with E-state index < -0.39 is 0 Å². The highest BCUT2D eigenvalue weighted by Crippen LogP contribution is 2.25. The summed E-state index contributed by atoms with van der Waals surface area (Å²) in [6.07, 6.45) is 2.99. The molecule has 0 radical (unpaired) electrons. The molecule has 0 aliphatic carbocycles. The van der Waals surface area contributed by atoms with Crippen LogP contribution in [-0.2, 0) is 16.1 Å². The van der Waals surface area contributed by atoms with Gasteiger partial charge in [-0.25, -0.2) is 4.98 Å². The van der Waals surface area contributed by atoms with E-state index in [-0.39, 0.29) is 18.6 Å². The zero-order valence-electron chi connectivity index (χ0n) is 14.2. The maximum atomic E-state index is 12.6. The third-order valence-corrected chi connectivity index (χ3v) is 4.08. The van der Waals surface area contributed by atoms with Gasteiger partial charge in [0.1, 0.15) is 24.2 Å². The Labute approximate surface area is 140 Å². The van der Waals surface area contributed by atoms with Gasteiger partial charge in [0.05, 0.1) is 18.8 Å². The molecule has 1 amide bonds. The van der Waals surface area contributed by atoms with Gasteiger partial charge < -0.3 is 15.0 Å². The van der Waals surface area contributed by atoms with E-state index in [9.17, 15) is 4.79 Å². The van der Waals surface area contributed by atoms with Crippen molar-refractivity contribution in [2.24, 2.45) is 0 Å². The van der Waals surface area contributed by atoms with Crippen LogP contribution in [0.3, 0.4) is 0 Å². The summed E-state index contributed by atoms with van der Waals surface area (Å²) in [4.78, 5) is 23.0. The summed E-state index contributed by atoms with van der Waals surface area (Å²) in [6, 6.07) is 1.97. The van der Waals surface area contributed by atoms with Gasteiger partial charge in [-0.1, -0.05) is 0 Å². The third-order valence-electron chi connectivity index (χ3n) is 4.08. The predicted molar refractivity (Wildman–Crippen MR) is 88.6 cm³/mol. The molecule has 0 saturated carbocycles. The summed E-state index contributed by atoms with van der Waals surface area (Å²) in [5, 5.41) is 7.37. The molecule has 2 aromatic rings. The largest absolute Gasteiger partial charge is 0.372 e. The maximum Gasteiger partial charge on any atom is 0.244 e. The Bertz CT molecular complexity index is 729. The Balaban J connectivity index is 1.71. The molecule has 3 heterocycles. The number of rotatable bonds is 4. The Hall–Kier alpha value is -2.48. The van der Waals surface area contributed by atoms with Crippen LogP contribution in [0.5, 0.6) is 0 Å². The quantitative estimate of drug-likeness (QED) is 0.898. The molecule has 1 fully saturated rings. The lowest BCUT2D eigenvalue weighted by Crippen LogP contribution is -2.44. The molecule has 0 aromatic carbocycles. The van der Waals surface area contributed by atoms with E-state index in [1.165, 1.54) is 0 Å². The van der Waals surface area contributed by atoms with Crippen LogP contribution in [0.15, 0.2) is 18.5 Å². The highest BCUT2D eigenvalue weighted by molar-refractivity contribution is 5.76. The smallest absolute Gasteiger partial charge is 0.244 e. The fourth-order valence-electron chi connectivity index (χ4n) is 2.88. The number of morpholine rings is 1. The average Bonchev–Trinajstić information content (AvgIpc) is 2.92. The number of hydrogen-bond donors (Lipinski definition) is 1. The highest BCUT2D eigenvalue weighted by Gasteiger charge is 2.28. The predicted octanol–water partition coefficient (Wildman–Crippen LogP) is 0.932. The molecule has 0 unspecified atom stereocenters. The van der Waals surface area contributed by atoms with Gasteiger partial charge in [-0.05, 0) is 19.9 Å². The second-order valence-corrected chi connectivity index (χ2v) is 5.82. The molecule has 8 heteroatoms. The van der Waals surface area contributed by atoms with Crippen molar-refractivity contribution in [2.75, 3.05) is 32.1 Å². The SMILES string of the molecule is CNc1nccnc1[C@H]1CN(C(=O)Cn2nc(C)cc2C)CCO1. The van der Waals surface area contributed by atoms with Gasteiger partial charge >= 0.3 is 0 Å². The van der Waals surface area contributed by atoms with Crippen molar-refractivity contribution in [3.8, 4) is 0 Å². The van der Waals surface area contributed by atoms with E-state index in [2.05, 4.69) is 20.4 Å². The van der Waals surface area contributed by atoms with Crippen LogP contribution >= 0.6 is 0 Å². The molecule has 24 heavy (non-hydrogen) atoms.